The molecular weight excluding hydrogens is 292 g/mol. The van der Waals surface area contributed by atoms with Crippen LogP contribution in [0.1, 0.15) is 32.1 Å². The summed E-state index contributed by atoms with van der Waals surface area (Å²) >= 11 is 5.97. The first-order valence-corrected chi connectivity index (χ1v) is 7.39. The zero-order valence-corrected chi connectivity index (χ0v) is 12.3. The van der Waals surface area contributed by atoms with Crippen molar-refractivity contribution in [1.29, 1.82) is 0 Å². The minimum absolute atomic E-state index is 0.0490. The number of anilines is 1. The highest BCUT2D eigenvalue weighted by molar-refractivity contribution is 6.28. The molecule has 2 aromatic heterocycles. The second-order valence-electron chi connectivity index (χ2n) is 5.30. The molecule has 0 unspecified atom stereocenters. The number of aromatic nitrogens is 5. The van der Waals surface area contributed by atoms with Gasteiger partial charge in [-0.2, -0.15) is 20.1 Å². The van der Waals surface area contributed by atoms with Gasteiger partial charge in [0.25, 0.3) is 5.95 Å². The molecule has 2 heterocycles. The number of hydrogen-bond acceptors (Lipinski definition) is 6. The van der Waals surface area contributed by atoms with Crippen molar-refractivity contribution in [2.45, 2.75) is 37.6 Å². The van der Waals surface area contributed by atoms with Crippen molar-refractivity contribution < 1.29 is 5.11 Å². The van der Waals surface area contributed by atoms with Gasteiger partial charge in [-0.1, -0.05) is 19.3 Å². The Kier molecular flexibility index (Phi) is 4.03. The van der Waals surface area contributed by atoms with E-state index in [4.69, 9.17) is 11.6 Å². The third-order valence-electron chi connectivity index (χ3n) is 3.80. The molecular formula is C13H17ClN6O. The van der Waals surface area contributed by atoms with E-state index in [1.807, 2.05) is 0 Å². The first-order chi connectivity index (χ1) is 10.2. The Labute approximate surface area is 127 Å². The monoisotopic (exact) mass is 308 g/mol. The van der Waals surface area contributed by atoms with Crippen LogP contribution < -0.4 is 5.32 Å². The molecule has 0 aliphatic heterocycles. The van der Waals surface area contributed by atoms with E-state index < -0.39 is 0 Å². The molecule has 0 amide bonds. The Hall–Kier alpha value is -1.73. The van der Waals surface area contributed by atoms with E-state index in [0.29, 0.717) is 11.9 Å². The second-order valence-corrected chi connectivity index (χ2v) is 5.64. The molecule has 0 radical (unpaired) electrons. The lowest BCUT2D eigenvalue weighted by molar-refractivity contribution is 0.172. The van der Waals surface area contributed by atoms with Crippen LogP contribution in [0.5, 0.6) is 0 Å². The molecule has 112 valence electrons. The van der Waals surface area contributed by atoms with E-state index in [1.54, 1.807) is 18.5 Å². The Morgan fingerprint density at radius 3 is 2.71 bits per heavy atom. The molecule has 1 aliphatic rings. The molecule has 3 rings (SSSR count). The predicted octanol–water partition coefficient (Wildman–Crippen LogP) is 1.82. The smallest absolute Gasteiger partial charge is 0.256 e. The van der Waals surface area contributed by atoms with E-state index in [-0.39, 0.29) is 17.4 Å². The highest BCUT2D eigenvalue weighted by Crippen LogP contribution is 2.30. The van der Waals surface area contributed by atoms with Crippen molar-refractivity contribution in [3.8, 4) is 5.95 Å². The van der Waals surface area contributed by atoms with Crippen LogP contribution in [0.2, 0.25) is 5.28 Å². The third-order valence-corrected chi connectivity index (χ3v) is 3.96. The van der Waals surface area contributed by atoms with Gasteiger partial charge in [0.05, 0.1) is 12.1 Å². The molecule has 1 aliphatic carbocycles. The molecule has 0 atom stereocenters. The summed E-state index contributed by atoms with van der Waals surface area (Å²) in [7, 11) is 0. The van der Waals surface area contributed by atoms with Gasteiger partial charge in [-0.25, -0.2) is 4.68 Å². The number of nitrogens with one attached hydrogen (secondary N) is 1. The topological polar surface area (TPSA) is 88.8 Å². The molecule has 0 aromatic carbocycles. The molecule has 7 nitrogen and oxygen atoms in total. The summed E-state index contributed by atoms with van der Waals surface area (Å²) in [5.74, 6) is 0.725. The fourth-order valence-electron chi connectivity index (χ4n) is 2.67. The van der Waals surface area contributed by atoms with Gasteiger partial charge in [-0.05, 0) is 30.5 Å². The van der Waals surface area contributed by atoms with Crippen LogP contribution in [-0.2, 0) is 0 Å². The van der Waals surface area contributed by atoms with Crippen molar-refractivity contribution >= 4 is 17.5 Å². The highest BCUT2D eigenvalue weighted by Gasteiger charge is 2.32. The van der Waals surface area contributed by atoms with Gasteiger partial charge in [0.2, 0.25) is 11.2 Å². The summed E-state index contributed by atoms with van der Waals surface area (Å²) < 4.78 is 1.52. The van der Waals surface area contributed by atoms with Crippen molar-refractivity contribution in [3.05, 3.63) is 23.7 Å². The molecule has 0 spiro atoms. The summed E-state index contributed by atoms with van der Waals surface area (Å²) in [6, 6.07) is 1.78. The van der Waals surface area contributed by atoms with Crippen LogP contribution in [0.25, 0.3) is 5.95 Å². The number of nitrogens with zero attached hydrogens (tertiary/aromatic N) is 5. The quantitative estimate of drug-likeness (QED) is 0.895. The number of hydrogen-bond donors (Lipinski definition) is 2. The van der Waals surface area contributed by atoms with E-state index in [0.717, 1.165) is 25.7 Å². The van der Waals surface area contributed by atoms with Gasteiger partial charge in [-0.3, -0.25) is 0 Å². The molecule has 21 heavy (non-hydrogen) atoms. The zero-order chi connectivity index (χ0) is 14.7. The van der Waals surface area contributed by atoms with E-state index in [1.165, 1.54) is 11.1 Å². The molecule has 1 fully saturated rings. The standard InChI is InChI=1S/C13H17ClN6O/c14-10-16-11(18-12(17-10)20-8-4-7-15-20)19-13(9-21)5-2-1-3-6-13/h4,7-8,21H,1-3,5-6,9H2,(H,16,17,18,19). The molecule has 2 aromatic rings. The largest absolute Gasteiger partial charge is 0.394 e. The van der Waals surface area contributed by atoms with Crippen LogP contribution in [0.4, 0.5) is 5.95 Å². The van der Waals surface area contributed by atoms with Crippen molar-refractivity contribution in [2.24, 2.45) is 0 Å². The van der Waals surface area contributed by atoms with E-state index >= 15 is 0 Å². The van der Waals surface area contributed by atoms with Crippen LogP contribution in [0, 0.1) is 0 Å². The summed E-state index contributed by atoms with van der Waals surface area (Å²) in [4.78, 5) is 12.5. The third kappa shape index (κ3) is 3.14. The summed E-state index contributed by atoms with van der Waals surface area (Å²) in [6.07, 6.45) is 8.52. The fourth-order valence-corrected chi connectivity index (χ4v) is 2.83. The van der Waals surface area contributed by atoms with E-state index in [9.17, 15) is 5.11 Å². The SMILES string of the molecule is OCC1(Nc2nc(Cl)nc(-n3cccn3)n2)CCCCC1. The maximum Gasteiger partial charge on any atom is 0.256 e. The Balaban J connectivity index is 1.88. The average Bonchev–Trinajstić information content (AvgIpc) is 3.02. The van der Waals surface area contributed by atoms with Gasteiger partial charge in [0.1, 0.15) is 0 Å². The molecule has 0 saturated heterocycles. The van der Waals surface area contributed by atoms with Crippen molar-refractivity contribution in [3.63, 3.8) is 0 Å². The zero-order valence-electron chi connectivity index (χ0n) is 11.5. The lowest BCUT2D eigenvalue weighted by Crippen LogP contribution is -2.44. The lowest BCUT2D eigenvalue weighted by Gasteiger charge is -2.36. The van der Waals surface area contributed by atoms with Gasteiger partial charge < -0.3 is 10.4 Å². The number of halogens is 1. The fraction of sp³-hybridized carbons (Fsp3) is 0.538. The van der Waals surface area contributed by atoms with Crippen LogP contribution in [0.15, 0.2) is 18.5 Å². The number of aliphatic hydroxyl groups excluding tert-OH is 1. The first-order valence-electron chi connectivity index (χ1n) is 7.01. The van der Waals surface area contributed by atoms with Crippen molar-refractivity contribution in [1.82, 2.24) is 24.7 Å². The lowest BCUT2D eigenvalue weighted by atomic mass is 9.82. The minimum atomic E-state index is -0.371. The maximum absolute atomic E-state index is 9.74. The summed E-state index contributed by atoms with van der Waals surface area (Å²) in [5.41, 5.74) is -0.371. The van der Waals surface area contributed by atoms with Gasteiger partial charge >= 0.3 is 0 Å². The Morgan fingerprint density at radius 1 is 1.24 bits per heavy atom. The van der Waals surface area contributed by atoms with Crippen LogP contribution in [0.3, 0.4) is 0 Å². The first kappa shape index (κ1) is 14.2. The minimum Gasteiger partial charge on any atom is -0.394 e. The highest BCUT2D eigenvalue weighted by atomic mass is 35.5. The normalized spacial score (nSPS) is 17.6. The van der Waals surface area contributed by atoms with Crippen molar-refractivity contribution in [2.75, 3.05) is 11.9 Å². The van der Waals surface area contributed by atoms with Gasteiger partial charge in [-0.15, -0.1) is 0 Å². The number of aliphatic hydroxyl groups is 1. The van der Waals surface area contributed by atoms with E-state index in [2.05, 4.69) is 25.4 Å². The average molecular weight is 309 g/mol. The summed E-state index contributed by atoms with van der Waals surface area (Å²) in [5, 5.41) is 17.2. The maximum atomic E-state index is 9.74. The molecule has 1 saturated carbocycles. The number of rotatable bonds is 4. The Bertz CT molecular complexity index is 597. The van der Waals surface area contributed by atoms with Gasteiger partial charge in [0.15, 0.2) is 0 Å². The van der Waals surface area contributed by atoms with Gasteiger partial charge in [0, 0.05) is 12.4 Å². The Morgan fingerprint density at radius 2 is 2.05 bits per heavy atom. The van der Waals surface area contributed by atoms with Crippen LogP contribution in [-0.4, -0.2) is 42.0 Å². The second kappa shape index (κ2) is 5.95. The summed E-state index contributed by atoms with van der Waals surface area (Å²) in [6.45, 7) is 0.0490. The molecule has 0 bridgehead atoms. The van der Waals surface area contributed by atoms with Crippen LogP contribution >= 0.6 is 11.6 Å². The molecule has 2 N–H and O–H groups in total. The predicted molar refractivity (Wildman–Crippen MR) is 78.5 cm³/mol. The molecule has 8 heteroatoms.